The molecule has 0 aliphatic rings. The number of aromatic nitrogens is 2. The fraction of sp³-hybridized carbons (Fsp3) is 0. The van der Waals surface area contributed by atoms with Crippen LogP contribution in [0.5, 0.6) is 0 Å². The van der Waals surface area contributed by atoms with E-state index in [1.807, 2.05) is 42.7 Å². The average Bonchev–Trinajstić information content (AvgIpc) is 2.82. The van der Waals surface area contributed by atoms with Crippen LogP contribution in [-0.4, -0.2) is 9.97 Å². The molecule has 0 saturated carbocycles. The van der Waals surface area contributed by atoms with Gasteiger partial charge in [0.25, 0.3) is 0 Å². The van der Waals surface area contributed by atoms with Gasteiger partial charge in [0.2, 0.25) is 0 Å². The molecule has 0 atom stereocenters. The Morgan fingerprint density at radius 2 is 1.38 bits per heavy atom. The van der Waals surface area contributed by atoms with Crippen LogP contribution in [0.2, 0.25) is 0 Å². The number of halogens is 2. The molecule has 2 aromatic rings. The van der Waals surface area contributed by atoms with E-state index in [1.165, 1.54) is 0 Å². The fourth-order valence-electron chi connectivity index (χ4n) is 0.590. The standard InChI is InChI=1S/C5H5N.C4H5N.ClF/c1-2-4-6-5-3-1;1-2-4-5-3-1;1-2/h1-5H;1-5H;. The third-order valence-corrected chi connectivity index (χ3v) is 1.06. The van der Waals surface area contributed by atoms with Crippen molar-refractivity contribution in [2.75, 3.05) is 0 Å². The lowest BCUT2D eigenvalue weighted by Gasteiger charge is -1.70. The van der Waals surface area contributed by atoms with Crippen molar-refractivity contribution in [3.63, 3.8) is 0 Å². The minimum absolute atomic E-state index is 1.75. The first-order valence-corrected chi connectivity index (χ1v) is 3.86. The van der Waals surface area contributed by atoms with E-state index in [-0.39, 0.29) is 0 Å². The third-order valence-electron chi connectivity index (χ3n) is 1.06. The molecule has 2 heterocycles. The van der Waals surface area contributed by atoms with Crippen LogP contribution in [0.25, 0.3) is 0 Å². The van der Waals surface area contributed by atoms with Crippen molar-refractivity contribution in [1.82, 2.24) is 9.97 Å². The maximum absolute atomic E-state index is 8.97. The van der Waals surface area contributed by atoms with Crippen LogP contribution in [0.1, 0.15) is 0 Å². The summed E-state index contributed by atoms with van der Waals surface area (Å²) in [6.07, 6.45) is 7.25. The SMILES string of the molecule is FCl.c1cc[nH]c1.c1ccncc1. The molecule has 2 rings (SSSR count). The first kappa shape index (κ1) is 11.6. The zero-order chi connectivity index (χ0) is 9.78. The van der Waals surface area contributed by atoms with Crippen LogP contribution in [-0.2, 0) is 0 Å². The zero-order valence-corrected chi connectivity index (χ0v) is 7.66. The van der Waals surface area contributed by atoms with Crippen molar-refractivity contribution in [3.8, 4) is 0 Å². The molecule has 2 aromatic heterocycles. The summed E-state index contributed by atoms with van der Waals surface area (Å²) >= 11 is 3.14. The zero-order valence-electron chi connectivity index (χ0n) is 6.90. The molecule has 0 amide bonds. The topological polar surface area (TPSA) is 28.7 Å². The van der Waals surface area contributed by atoms with Crippen LogP contribution < -0.4 is 0 Å². The highest BCUT2D eigenvalue weighted by Gasteiger charge is 1.58. The number of H-pyrrole nitrogens is 1. The molecule has 0 aromatic carbocycles. The van der Waals surface area contributed by atoms with Crippen molar-refractivity contribution < 1.29 is 3.98 Å². The van der Waals surface area contributed by atoms with Gasteiger partial charge in [-0.1, -0.05) is 6.07 Å². The van der Waals surface area contributed by atoms with Crippen LogP contribution in [0, 0.1) is 0 Å². The lowest BCUT2D eigenvalue weighted by atomic mass is 10.5. The Morgan fingerprint density at radius 1 is 0.846 bits per heavy atom. The van der Waals surface area contributed by atoms with Gasteiger partial charge in [-0.25, -0.2) is 0 Å². The van der Waals surface area contributed by atoms with Gasteiger partial charge in [0.15, 0.2) is 0 Å². The summed E-state index contributed by atoms with van der Waals surface area (Å²) in [5, 5.41) is 0. The summed E-state index contributed by atoms with van der Waals surface area (Å²) in [7, 11) is 0. The lowest BCUT2D eigenvalue weighted by molar-refractivity contribution is 0.906. The van der Waals surface area contributed by atoms with Crippen LogP contribution in [0.15, 0.2) is 55.1 Å². The van der Waals surface area contributed by atoms with E-state index in [4.69, 9.17) is 3.98 Å². The quantitative estimate of drug-likeness (QED) is 0.695. The largest absolute Gasteiger partial charge is 0.368 e. The summed E-state index contributed by atoms with van der Waals surface area (Å²) < 4.78 is 8.97. The number of pyridine rings is 1. The third kappa shape index (κ3) is 8.56. The molecule has 0 spiro atoms. The highest BCUT2D eigenvalue weighted by atomic mass is 35.5. The Hall–Kier alpha value is -1.35. The van der Waals surface area contributed by atoms with Gasteiger partial charge in [0, 0.05) is 24.8 Å². The number of nitrogens with one attached hydrogen (secondary N) is 1. The summed E-state index contributed by atoms with van der Waals surface area (Å²) in [6, 6.07) is 9.60. The van der Waals surface area contributed by atoms with Crippen molar-refractivity contribution >= 4 is 12.0 Å². The van der Waals surface area contributed by atoms with E-state index in [0.29, 0.717) is 0 Å². The fourth-order valence-corrected chi connectivity index (χ4v) is 0.590. The molecule has 13 heavy (non-hydrogen) atoms. The molecule has 70 valence electrons. The second kappa shape index (κ2) is 10.7. The van der Waals surface area contributed by atoms with Gasteiger partial charge in [0.05, 0.1) is 0 Å². The summed E-state index contributed by atoms with van der Waals surface area (Å²) in [5.41, 5.74) is 0. The molecule has 0 saturated heterocycles. The van der Waals surface area contributed by atoms with E-state index in [1.54, 1.807) is 12.4 Å². The van der Waals surface area contributed by atoms with Crippen LogP contribution in [0.3, 0.4) is 0 Å². The molecular weight excluding hydrogens is 191 g/mol. The monoisotopic (exact) mass is 200 g/mol. The van der Waals surface area contributed by atoms with Gasteiger partial charge in [-0.2, -0.15) is 0 Å². The van der Waals surface area contributed by atoms with Gasteiger partial charge in [-0.05, 0) is 24.3 Å². The van der Waals surface area contributed by atoms with E-state index >= 15 is 0 Å². The minimum atomic E-state index is 1.75. The van der Waals surface area contributed by atoms with Crippen molar-refractivity contribution in [3.05, 3.63) is 55.1 Å². The number of nitrogens with zero attached hydrogens (tertiary/aromatic N) is 1. The minimum Gasteiger partial charge on any atom is -0.368 e. The number of rotatable bonds is 0. The normalized spacial score (nSPS) is 7.23. The molecule has 1 N–H and O–H groups in total. The average molecular weight is 201 g/mol. The maximum atomic E-state index is 8.97. The number of aromatic amines is 1. The first-order valence-electron chi connectivity index (χ1n) is 3.57. The molecule has 2 nitrogen and oxygen atoms in total. The van der Waals surface area contributed by atoms with Gasteiger partial charge < -0.3 is 4.98 Å². The van der Waals surface area contributed by atoms with Gasteiger partial charge in [-0.15, -0.1) is 3.98 Å². The Bertz CT molecular complexity index is 203. The van der Waals surface area contributed by atoms with Crippen molar-refractivity contribution in [2.24, 2.45) is 0 Å². The Morgan fingerprint density at radius 3 is 1.54 bits per heavy atom. The molecule has 0 unspecified atom stereocenters. The van der Waals surface area contributed by atoms with Crippen LogP contribution in [0.4, 0.5) is 3.98 Å². The molecule has 4 heteroatoms. The smallest absolute Gasteiger partial charge is 0.116 e. The van der Waals surface area contributed by atoms with Gasteiger partial charge in [0.1, 0.15) is 12.0 Å². The summed E-state index contributed by atoms with van der Waals surface area (Å²) in [6.45, 7) is 0. The molecular formula is C9H10ClFN2. The molecule has 0 bridgehead atoms. The van der Waals surface area contributed by atoms with E-state index in [2.05, 4.69) is 21.9 Å². The predicted molar refractivity (Wildman–Crippen MR) is 52.0 cm³/mol. The van der Waals surface area contributed by atoms with Crippen LogP contribution >= 0.6 is 12.0 Å². The summed E-state index contributed by atoms with van der Waals surface area (Å²) in [5.74, 6) is 0. The van der Waals surface area contributed by atoms with Gasteiger partial charge >= 0.3 is 0 Å². The Balaban J connectivity index is 0.000000189. The van der Waals surface area contributed by atoms with E-state index in [0.717, 1.165) is 0 Å². The number of hydrogen-bond acceptors (Lipinski definition) is 1. The lowest BCUT2D eigenvalue weighted by Crippen LogP contribution is -1.58. The number of hydrogen-bond donors (Lipinski definition) is 1. The maximum Gasteiger partial charge on any atom is 0.116 e. The molecule has 0 radical (unpaired) electrons. The predicted octanol–water partition coefficient (Wildman–Crippen LogP) is 3.21. The molecule has 0 aliphatic heterocycles. The highest BCUT2D eigenvalue weighted by molar-refractivity contribution is 6.06. The van der Waals surface area contributed by atoms with E-state index in [9.17, 15) is 0 Å². The van der Waals surface area contributed by atoms with Crippen molar-refractivity contribution in [2.45, 2.75) is 0 Å². The first-order chi connectivity index (χ1) is 6.50. The summed E-state index contributed by atoms with van der Waals surface area (Å²) in [4.78, 5) is 6.65. The molecule has 0 aliphatic carbocycles. The molecule has 0 fully saturated rings. The second-order valence-corrected chi connectivity index (χ2v) is 1.91. The highest BCUT2D eigenvalue weighted by Crippen LogP contribution is 1.73. The van der Waals surface area contributed by atoms with Gasteiger partial charge in [-0.3, -0.25) is 4.98 Å². The Kier molecular flexibility index (Phi) is 9.54. The van der Waals surface area contributed by atoms with Crippen molar-refractivity contribution in [1.29, 1.82) is 0 Å². The Labute approximate surface area is 81.6 Å². The second-order valence-electron chi connectivity index (χ2n) is 1.91. The van der Waals surface area contributed by atoms with E-state index < -0.39 is 0 Å².